The molecule has 0 aromatic carbocycles. The summed E-state index contributed by atoms with van der Waals surface area (Å²) in [5, 5.41) is 8.63. The first-order valence-electron chi connectivity index (χ1n) is 4.42. The van der Waals surface area contributed by atoms with Crippen LogP contribution in [0.4, 0.5) is 0 Å². The molecule has 1 fully saturated rings. The Labute approximate surface area is 73.0 Å². The van der Waals surface area contributed by atoms with E-state index in [0.29, 0.717) is 6.42 Å². The Hall–Kier alpha value is -0.880. The second-order valence-electron chi connectivity index (χ2n) is 3.20. The van der Waals surface area contributed by atoms with E-state index in [0.717, 1.165) is 38.8 Å². The van der Waals surface area contributed by atoms with Crippen LogP contribution >= 0.6 is 0 Å². The lowest BCUT2D eigenvalue weighted by molar-refractivity contribution is -0.108. The summed E-state index contributed by atoms with van der Waals surface area (Å²) in [5.74, 6) is 0.248. The van der Waals surface area contributed by atoms with E-state index in [1.54, 1.807) is 0 Å². The van der Waals surface area contributed by atoms with Crippen LogP contribution in [-0.2, 0) is 4.79 Å². The molecule has 1 saturated heterocycles. The molecular weight excluding hydrogens is 152 g/mol. The second-order valence-corrected chi connectivity index (χ2v) is 3.20. The van der Waals surface area contributed by atoms with Gasteiger partial charge >= 0.3 is 0 Å². The van der Waals surface area contributed by atoms with E-state index in [1.807, 2.05) is 0 Å². The van der Waals surface area contributed by atoms with Crippen molar-refractivity contribution in [2.45, 2.75) is 19.3 Å². The standard InChI is InChI=1S/C9H14N2O/c10-8-9-2-5-11(6-3-9)4-1-7-12/h7,9H,1-6H2. The van der Waals surface area contributed by atoms with Crippen molar-refractivity contribution >= 4 is 6.29 Å². The van der Waals surface area contributed by atoms with Crippen molar-refractivity contribution in [3.63, 3.8) is 0 Å². The van der Waals surface area contributed by atoms with Crippen molar-refractivity contribution in [3.05, 3.63) is 0 Å². The predicted octanol–water partition coefficient (Wildman–Crippen LogP) is 0.811. The summed E-state index contributed by atoms with van der Waals surface area (Å²) in [5.41, 5.74) is 0. The molecule has 1 aliphatic rings. The minimum Gasteiger partial charge on any atom is -0.303 e. The SMILES string of the molecule is N#CC1CCN(CCC=O)CC1. The molecule has 66 valence electrons. The molecule has 0 saturated carbocycles. The normalized spacial score (nSPS) is 20.2. The summed E-state index contributed by atoms with van der Waals surface area (Å²) in [7, 11) is 0. The number of piperidine rings is 1. The van der Waals surface area contributed by atoms with Crippen LogP contribution in [0, 0.1) is 17.2 Å². The van der Waals surface area contributed by atoms with Gasteiger partial charge in [0.15, 0.2) is 0 Å². The number of aldehydes is 1. The van der Waals surface area contributed by atoms with Gasteiger partial charge in [0.25, 0.3) is 0 Å². The van der Waals surface area contributed by atoms with Gasteiger partial charge in [0.1, 0.15) is 6.29 Å². The summed E-state index contributed by atoms with van der Waals surface area (Å²) in [6, 6.07) is 2.28. The highest BCUT2D eigenvalue weighted by Crippen LogP contribution is 2.15. The zero-order valence-corrected chi connectivity index (χ0v) is 7.20. The number of likely N-dealkylation sites (tertiary alicyclic amines) is 1. The van der Waals surface area contributed by atoms with Gasteiger partial charge in [-0.3, -0.25) is 0 Å². The van der Waals surface area contributed by atoms with E-state index in [-0.39, 0.29) is 5.92 Å². The fourth-order valence-electron chi connectivity index (χ4n) is 1.52. The van der Waals surface area contributed by atoms with Crippen molar-refractivity contribution in [1.82, 2.24) is 4.90 Å². The van der Waals surface area contributed by atoms with E-state index < -0.39 is 0 Å². The molecule has 0 unspecified atom stereocenters. The Morgan fingerprint density at radius 3 is 2.67 bits per heavy atom. The Bertz CT molecular complexity index is 177. The number of nitrogens with zero attached hydrogens (tertiary/aromatic N) is 2. The third-order valence-corrected chi connectivity index (χ3v) is 2.33. The number of carbonyl (C=O) groups is 1. The van der Waals surface area contributed by atoms with E-state index in [2.05, 4.69) is 11.0 Å². The maximum atomic E-state index is 10.1. The molecule has 0 aromatic heterocycles. The highest BCUT2D eigenvalue weighted by molar-refractivity contribution is 5.49. The average Bonchev–Trinajstić information content (AvgIpc) is 2.15. The van der Waals surface area contributed by atoms with E-state index in [4.69, 9.17) is 5.26 Å². The number of carbonyl (C=O) groups excluding carboxylic acids is 1. The van der Waals surface area contributed by atoms with Crippen LogP contribution in [-0.4, -0.2) is 30.8 Å². The fourth-order valence-corrected chi connectivity index (χ4v) is 1.52. The monoisotopic (exact) mass is 166 g/mol. The molecule has 12 heavy (non-hydrogen) atoms. The van der Waals surface area contributed by atoms with Crippen molar-refractivity contribution in [2.24, 2.45) is 5.92 Å². The van der Waals surface area contributed by atoms with Gasteiger partial charge in [-0.2, -0.15) is 5.26 Å². The summed E-state index contributed by atoms with van der Waals surface area (Å²) in [4.78, 5) is 12.3. The largest absolute Gasteiger partial charge is 0.303 e. The first kappa shape index (κ1) is 9.21. The van der Waals surface area contributed by atoms with Crippen LogP contribution in [0.3, 0.4) is 0 Å². The lowest BCUT2D eigenvalue weighted by Crippen LogP contribution is -2.34. The quantitative estimate of drug-likeness (QED) is 0.583. The van der Waals surface area contributed by atoms with Gasteiger partial charge in [0, 0.05) is 18.9 Å². The van der Waals surface area contributed by atoms with Gasteiger partial charge in [0.2, 0.25) is 0 Å². The lowest BCUT2D eigenvalue weighted by atomic mass is 9.99. The maximum absolute atomic E-state index is 10.1. The van der Waals surface area contributed by atoms with Crippen LogP contribution in [0.2, 0.25) is 0 Å². The smallest absolute Gasteiger partial charge is 0.121 e. The molecule has 0 radical (unpaired) electrons. The molecule has 1 heterocycles. The molecule has 1 aliphatic heterocycles. The van der Waals surface area contributed by atoms with Crippen LogP contribution in [0.1, 0.15) is 19.3 Å². The summed E-state index contributed by atoms with van der Waals surface area (Å²) < 4.78 is 0. The zero-order valence-electron chi connectivity index (χ0n) is 7.20. The highest BCUT2D eigenvalue weighted by Gasteiger charge is 2.17. The molecular formula is C9H14N2O. The van der Waals surface area contributed by atoms with Gasteiger partial charge in [-0.1, -0.05) is 0 Å². The maximum Gasteiger partial charge on any atom is 0.121 e. The van der Waals surface area contributed by atoms with Crippen molar-refractivity contribution in [2.75, 3.05) is 19.6 Å². The second kappa shape index (κ2) is 4.89. The Kier molecular flexibility index (Phi) is 3.75. The van der Waals surface area contributed by atoms with E-state index in [9.17, 15) is 4.79 Å². The van der Waals surface area contributed by atoms with Gasteiger partial charge in [-0.25, -0.2) is 0 Å². The molecule has 0 aliphatic carbocycles. The number of hydrogen-bond acceptors (Lipinski definition) is 3. The van der Waals surface area contributed by atoms with Crippen LogP contribution in [0.25, 0.3) is 0 Å². The third-order valence-electron chi connectivity index (χ3n) is 2.33. The summed E-state index contributed by atoms with van der Waals surface area (Å²) in [6.45, 7) is 2.82. The highest BCUT2D eigenvalue weighted by atomic mass is 16.1. The van der Waals surface area contributed by atoms with Gasteiger partial charge < -0.3 is 9.69 Å². The zero-order chi connectivity index (χ0) is 8.81. The molecule has 0 amide bonds. The van der Waals surface area contributed by atoms with Crippen molar-refractivity contribution in [3.8, 4) is 6.07 Å². The third kappa shape index (κ3) is 2.63. The van der Waals surface area contributed by atoms with Crippen molar-refractivity contribution in [1.29, 1.82) is 5.26 Å². The minimum atomic E-state index is 0.248. The Morgan fingerprint density at radius 1 is 1.50 bits per heavy atom. The number of rotatable bonds is 3. The van der Waals surface area contributed by atoms with Gasteiger partial charge in [-0.15, -0.1) is 0 Å². The lowest BCUT2D eigenvalue weighted by Gasteiger charge is -2.28. The average molecular weight is 166 g/mol. The molecule has 3 nitrogen and oxygen atoms in total. The van der Waals surface area contributed by atoms with Crippen LogP contribution in [0.5, 0.6) is 0 Å². The Morgan fingerprint density at radius 2 is 2.17 bits per heavy atom. The van der Waals surface area contributed by atoms with Crippen molar-refractivity contribution < 1.29 is 4.79 Å². The summed E-state index contributed by atoms with van der Waals surface area (Å²) >= 11 is 0. The Balaban J connectivity index is 2.18. The molecule has 0 spiro atoms. The first-order chi connectivity index (χ1) is 5.86. The number of hydrogen-bond donors (Lipinski definition) is 0. The molecule has 0 bridgehead atoms. The first-order valence-corrected chi connectivity index (χ1v) is 4.42. The van der Waals surface area contributed by atoms with E-state index in [1.165, 1.54) is 0 Å². The van der Waals surface area contributed by atoms with E-state index >= 15 is 0 Å². The van der Waals surface area contributed by atoms with Crippen LogP contribution < -0.4 is 0 Å². The molecule has 0 atom stereocenters. The predicted molar refractivity (Wildman–Crippen MR) is 45.5 cm³/mol. The van der Waals surface area contributed by atoms with Gasteiger partial charge in [-0.05, 0) is 25.9 Å². The fraction of sp³-hybridized carbons (Fsp3) is 0.778. The summed E-state index contributed by atoms with van der Waals surface area (Å²) in [6.07, 6.45) is 3.51. The van der Waals surface area contributed by atoms with Gasteiger partial charge in [0.05, 0.1) is 6.07 Å². The molecule has 0 N–H and O–H groups in total. The minimum absolute atomic E-state index is 0.248. The topological polar surface area (TPSA) is 44.1 Å². The molecule has 1 rings (SSSR count). The molecule has 0 aromatic rings. The number of nitriles is 1. The van der Waals surface area contributed by atoms with Crippen LogP contribution in [0.15, 0.2) is 0 Å². The molecule has 3 heteroatoms.